The Morgan fingerprint density at radius 3 is 2.45 bits per heavy atom. The number of nitrogens with zero attached hydrogens (tertiary/aromatic N) is 4. The van der Waals surface area contributed by atoms with Crippen LogP contribution in [0.5, 0.6) is 0 Å². The molecule has 20 heavy (non-hydrogen) atoms. The Hall–Kier alpha value is -1.50. The standard InChI is InChI=1S/C13H18N4O2S/c1-2-10-11(20-15-14-10)13(19)17-7-5-16(6-8-17)12(18)9-3-4-9/h9H,2-8H2,1H3. The van der Waals surface area contributed by atoms with E-state index >= 15 is 0 Å². The molecule has 2 aliphatic rings. The van der Waals surface area contributed by atoms with Gasteiger partial charge in [-0.3, -0.25) is 9.59 Å². The van der Waals surface area contributed by atoms with Crippen molar-refractivity contribution in [2.75, 3.05) is 26.2 Å². The van der Waals surface area contributed by atoms with Crippen LogP contribution >= 0.6 is 11.5 Å². The van der Waals surface area contributed by atoms with E-state index in [0.29, 0.717) is 31.1 Å². The minimum absolute atomic E-state index is 0.00960. The number of hydrogen-bond acceptors (Lipinski definition) is 5. The number of carbonyl (C=O) groups excluding carboxylic acids is 2. The molecule has 2 amide bonds. The van der Waals surface area contributed by atoms with Gasteiger partial charge in [-0.25, -0.2) is 0 Å². The summed E-state index contributed by atoms with van der Waals surface area (Å²) in [5, 5.41) is 3.98. The third-order valence-electron chi connectivity index (χ3n) is 3.89. The maximum atomic E-state index is 12.4. The monoisotopic (exact) mass is 294 g/mol. The van der Waals surface area contributed by atoms with E-state index in [1.165, 1.54) is 11.5 Å². The second-order valence-corrected chi connectivity index (χ2v) is 6.05. The molecule has 3 rings (SSSR count). The summed E-state index contributed by atoms with van der Waals surface area (Å²) in [6.45, 7) is 4.49. The molecule has 1 aromatic heterocycles. The first-order valence-corrected chi connectivity index (χ1v) is 7.87. The summed E-state index contributed by atoms with van der Waals surface area (Å²) < 4.78 is 3.86. The molecule has 2 fully saturated rings. The highest BCUT2D eigenvalue weighted by atomic mass is 32.1. The minimum atomic E-state index is 0.00960. The Balaban J connectivity index is 1.60. The highest BCUT2D eigenvalue weighted by molar-refractivity contribution is 7.08. The average Bonchev–Trinajstić information content (AvgIpc) is 3.23. The predicted molar refractivity (Wildman–Crippen MR) is 74.5 cm³/mol. The van der Waals surface area contributed by atoms with Crippen molar-refractivity contribution in [3.05, 3.63) is 10.6 Å². The number of amides is 2. The van der Waals surface area contributed by atoms with E-state index in [2.05, 4.69) is 9.59 Å². The van der Waals surface area contributed by atoms with Crippen LogP contribution in [0.15, 0.2) is 0 Å². The molecule has 0 unspecified atom stereocenters. The number of carbonyl (C=O) groups is 2. The SMILES string of the molecule is CCc1nnsc1C(=O)N1CCN(C(=O)C2CC2)CC1. The molecule has 0 radical (unpaired) electrons. The molecule has 0 N–H and O–H groups in total. The zero-order valence-electron chi connectivity index (χ0n) is 11.5. The van der Waals surface area contributed by atoms with Crippen LogP contribution in [0.4, 0.5) is 0 Å². The van der Waals surface area contributed by atoms with E-state index in [4.69, 9.17) is 0 Å². The summed E-state index contributed by atoms with van der Waals surface area (Å²) in [5.74, 6) is 0.538. The molecule has 0 spiro atoms. The molecule has 0 aromatic carbocycles. The lowest BCUT2D eigenvalue weighted by atomic mass is 10.2. The third kappa shape index (κ3) is 2.54. The van der Waals surface area contributed by atoms with Gasteiger partial charge in [0.05, 0.1) is 5.69 Å². The lowest BCUT2D eigenvalue weighted by Crippen LogP contribution is -2.51. The maximum absolute atomic E-state index is 12.4. The number of rotatable bonds is 3. The van der Waals surface area contributed by atoms with Crippen LogP contribution in [0.3, 0.4) is 0 Å². The predicted octanol–water partition coefficient (Wildman–Crippen LogP) is 0.795. The lowest BCUT2D eigenvalue weighted by Gasteiger charge is -2.34. The highest BCUT2D eigenvalue weighted by Crippen LogP contribution is 2.31. The molecule has 1 aromatic rings. The van der Waals surface area contributed by atoms with Gasteiger partial charge in [0.25, 0.3) is 5.91 Å². The van der Waals surface area contributed by atoms with E-state index in [0.717, 1.165) is 25.0 Å². The van der Waals surface area contributed by atoms with Crippen molar-refractivity contribution in [2.24, 2.45) is 5.92 Å². The summed E-state index contributed by atoms with van der Waals surface area (Å²) >= 11 is 1.17. The van der Waals surface area contributed by atoms with Gasteiger partial charge in [-0.15, -0.1) is 5.10 Å². The van der Waals surface area contributed by atoms with Gasteiger partial charge in [0.15, 0.2) is 0 Å². The smallest absolute Gasteiger partial charge is 0.267 e. The average molecular weight is 294 g/mol. The van der Waals surface area contributed by atoms with Crippen molar-refractivity contribution in [3.63, 3.8) is 0 Å². The summed E-state index contributed by atoms with van der Waals surface area (Å²) in [7, 11) is 0. The molecule has 0 atom stereocenters. The molecule has 1 aliphatic carbocycles. The number of piperazine rings is 1. The van der Waals surface area contributed by atoms with Crippen LogP contribution in [-0.2, 0) is 11.2 Å². The van der Waals surface area contributed by atoms with Crippen LogP contribution in [0.25, 0.3) is 0 Å². The van der Waals surface area contributed by atoms with Crippen LogP contribution in [-0.4, -0.2) is 57.4 Å². The van der Waals surface area contributed by atoms with Gasteiger partial charge in [-0.2, -0.15) is 0 Å². The van der Waals surface area contributed by atoms with Crippen molar-refractivity contribution in [3.8, 4) is 0 Å². The summed E-state index contributed by atoms with van der Waals surface area (Å²) in [6.07, 6.45) is 2.78. The summed E-state index contributed by atoms with van der Waals surface area (Å²) in [5.41, 5.74) is 0.775. The van der Waals surface area contributed by atoms with E-state index in [1.807, 2.05) is 16.7 Å². The van der Waals surface area contributed by atoms with Crippen LogP contribution in [0.2, 0.25) is 0 Å². The van der Waals surface area contributed by atoms with E-state index in [-0.39, 0.29) is 17.7 Å². The molecular weight excluding hydrogens is 276 g/mol. The van der Waals surface area contributed by atoms with Crippen molar-refractivity contribution >= 4 is 23.3 Å². The van der Waals surface area contributed by atoms with Crippen molar-refractivity contribution in [2.45, 2.75) is 26.2 Å². The Bertz CT molecular complexity index is 518. The normalized spacial score (nSPS) is 19.2. The quantitative estimate of drug-likeness (QED) is 0.827. The fraction of sp³-hybridized carbons (Fsp3) is 0.692. The zero-order valence-corrected chi connectivity index (χ0v) is 12.4. The largest absolute Gasteiger partial charge is 0.339 e. The Morgan fingerprint density at radius 2 is 1.85 bits per heavy atom. The second-order valence-electron chi connectivity index (χ2n) is 5.29. The van der Waals surface area contributed by atoms with Gasteiger partial charge in [-0.05, 0) is 30.8 Å². The second kappa shape index (κ2) is 5.47. The van der Waals surface area contributed by atoms with Crippen molar-refractivity contribution in [1.82, 2.24) is 19.4 Å². The van der Waals surface area contributed by atoms with E-state index in [1.54, 1.807) is 0 Å². The van der Waals surface area contributed by atoms with Gasteiger partial charge in [-0.1, -0.05) is 11.4 Å². The van der Waals surface area contributed by atoms with Gasteiger partial charge < -0.3 is 9.80 Å². The topological polar surface area (TPSA) is 66.4 Å². The number of aromatic nitrogens is 2. The van der Waals surface area contributed by atoms with Gasteiger partial charge >= 0.3 is 0 Å². The molecule has 1 aliphatic heterocycles. The third-order valence-corrected chi connectivity index (χ3v) is 4.65. The van der Waals surface area contributed by atoms with Gasteiger partial charge in [0, 0.05) is 32.1 Å². The highest BCUT2D eigenvalue weighted by Gasteiger charge is 2.35. The van der Waals surface area contributed by atoms with Crippen LogP contribution in [0, 0.1) is 5.92 Å². The molecule has 7 heteroatoms. The van der Waals surface area contributed by atoms with Crippen LogP contribution in [0.1, 0.15) is 35.1 Å². The fourth-order valence-corrected chi connectivity index (χ4v) is 3.18. The molecule has 1 saturated heterocycles. The van der Waals surface area contributed by atoms with Gasteiger partial charge in [0.2, 0.25) is 5.91 Å². The molecule has 0 bridgehead atoms. The first-order chi connectivity index (χ1) is 9.70. The van der Waals surface area contributed by atoms with Crippen molar-refractivity contribution < 1.29 is 9.59 Å². The minimum Gasteiger partial charge on any atom is -0.339 e. The fourth-order valence-electron chi connectivity index (χ4n) is 2.46. The molecular formula is C13H18N4O2S. The lowest BCUT2D eigenvalue weighted by molar-refractivity contribution is -0.134. The first kappa shape index (κ1) is 13.5. The summed E-state index contributed by atoms with van der Waals surface area (Å²) in [6, 6.07) is 0. The molecule has 108 valence electrons. The Morgan fingerprint density at radius 1 is 1.20 bits per heavy atom. The molecule has 6 nitrogen and oxygen atoms in total. The van der Waals surface area contributed by atoms with Gasteiger partial charge in [0.1, 0.15) is 4.88 Å². The van der Waals surface area contributed by atoms with Crippen molar-refractivity contribution in [1.29, 1.82) is 0 Å². The number of aryl methyl sites for hydroxylation is 1. The van der Waals surface area contributed by atoms with E-state index < -0.39 is 0 Å². The van der Waals surface area contributed by atoms with E-state index in [9.17, 15) is 9.59 Å². The van der Waals surface area contributed by atoms with Crippen LogP contribution < -0.4 is 0 Å². The maximum Gasteiger partial charge on any atom is 0.267 e. The molecule has 2 heterocycles. The summed E-state index contributed by atoms with van der Waals surface area (Å²) in [4.78, 5) is 28.7. The zero-order chi connectivity index (χ0) is 14.1. The Kier molecular flexibility index (Phi) is 3.69. The number of hydrogen-bond donors (Lipinski definition) is 0. The molecule has 1 saturated carbocycles. The first-order valence-electron chi connectivity index (χ1n) is 7.10. The Labute approximate surface area is 121 Å².